The van der Waals surface area contributed by atoms with E-state index < -0.39 is 6.04 Å². The van der Waals surface area contributed by atoms with Crippen molar-refractivity contribution >= 4 is 33.7 Å². The van der Waals surface area contributed by atoms with Crippen LogP contribution < -0.4 is 26.8 Å². The summed E-state index contributed by atoms with van der Waals surface area (Å²) >= 11 is 1.34. The van der Waals surface area contributed by atoms with Crippen LogP contribution in [0.1, 0.15) is 6.92 Å². The van der Waals surface area contributed by atoms with Crippen LogP contribution in [0, 0.1) is 0 Å². The first kappa shape index (κ1) is 18.5. The SMILES string of the molecule is C[C@H](N)C(=O)Nc1cccc(-c2nn3c(N4CCNCC4)cc(=O)nc3s2)c1. The number of rotatable bonds is 4. The van der Waals surface area contributed by atoms with Crippen molar-refractivity contribution in [1.82, 2.24) is 19.9 Å². The van der Waals surface area contributed by atoms with Crippen molar-refractivity contribution in [1.29, 1.82) is 0 Å². The number of hydrogen-bond acceptors (Lipinski definition) is 8. The van der Waals surface area contributed by atoms with Crippen molar-refractivity contribution in [2.45, 2.75) is 13.0 Å². The smallest absolute Gasteiger partial charge is 0.276 e. The maximum Gasteiger partial charge on any atom is 0.276 e. The summed E-state index contributed by atoms with van der Waals surface area (Å²) in [7, 11) is 0. The van der Waals surface area contributed by atoms with Gasteiger partial charge < -0.3 is 21.3 Å². The van der Waals surface area contributed by atoms with E-state index in [0.717, 1.165) is 37.6 Å². The van der Waals surface area contributed by atoms with Gasteiger partial charge in [-0.3, -0.25) is 9.59 Å². The number of carbonyl (C=O) groups excluding carboxylic acids is 1. The molecule has 1 aliphatic rings. The van der Waals surface area contributed by atoms with E-state index in [1.165, 1.54) is 17.4 Å². The third-order valence-electron chi connectivity index (χ3n) is 4.47. The highest BCUT2D eigenvalue weighted by Crippen LogP contribution is 2.28. The number of nitrogens with two attached hydrogens (primary N) is 1. The first-order valence-electron chi connectivity index (χ1n) is 9.05. The molecule has 1 amide bonds. The molecule has 146 valence electrons. The molecule has 10 heteroatoms. The van der Waals surface area contributed by atoms with Crippen molar-refractivity contribution in [3.63, 3.8) is 0 Å². The molecule has 0 spiro atoms. The quantitative estimate of drug-likeness (QED) is 0.585. The Balaban J connectivity index is 1.72. The van der Waals surface area contributed by atoms with E-state index in [-0.39, 0.29) is 11.5 Å². The van der Waals surface area contributed by atoms with Gasteiger partial charge in [0, 0.05) is 43.5 Å². The Bertz CT molecular complexity index is 1070. The van der Waals surface area contributed by atoms with Crippen molar-refractivity contribution in [3.05, 3.63) is 40.7 Å². The predicted molar refractivity (Wildman–Crippen MR) is 110 cm³/mol. The van der Waals surface area contributed by atoms with E-state index in [1.54, 1.807) is 17.5 Å². The Labute approximate surface area is 165 Å². The average Bonchev–Trinajstić information content (AvgIpc) is 3.12. The molecule has 0 bridgehead atoms. The number of nitrogens with zero attached hydrogens (tertiary/aromatic N) is 4. The van der Waals surface area contributed by atoms with Gasteiger partial charge in [0.1, 0.15) is 10.8 Å². The predicted octanol–water partition coefficient (Wildman–Crippen LogP) is 0.513. The summed E-state index contributed by atoms with van der Waals surface area (Å²) in [5.41, 5.74) is 6.81. The number of benzene rings is 1. The Morgan fingerprint density at radius 2 is 2.11 bits per heavy atom. The first-order valence-corrected chi connectivity index (χ1v) is 9.86. The van der Waals surface area contributed by atoms with Crippen LogP contribution in [0.2, 0.25) is 0 Å². The van der Waals surface area contributed by atoms with Crippen molar-refractivity contribution in [2.75, 3.05) is 36.4 Å². The van der Waals surface area contributed by atoms with Crippen LogP contribution in [-0.4, -0.2) is 52.7 Å². The van der Waals surface area contributed by atoms with Gasteiger partial charge in [-0.1, -0.05) is 23.5 Å². The molecule has 0 aliphatic carbocycles. The van der Waals surface area contributed by atoms with Crippen LogP contribution in [-0.2, 0) is 4.79 Å². The van der Waals surface area contributed by atoms with E-state index in [4.69, 9.17) is 5.73 Å². The highest BCUT2D eigenvalue weighted by molar-refractivity contribution is 7.19. The molecule has 1 aliphatic heterocycles. The topological polar surface area (TPSA) is 118 Å². The second kappa shape index (κ2) is 7.66. The number of aromatic nitrogens is 3. The lowest BCUT2D eigenvalue weighted by Crippen LogP contribution is -2.44. The highest BCUT2D eigenvalue weighted by atomic mass is 32.1. The van der Waals surface area contributed by atoms with E-state index in [2.05, 4.69) is 25.6 Å². The second-order valence-corrected chi connectivity index (χ2v) is 7.61. The van der Waals surface area contributed by atoms with Gasteiger partial charge in [0.15, 0.2) is 0 Å². The fraction of sp³-hybridized carbons (Fsp3) is 0.333. The fourth-order valence-electron chi connectivity index (χ4n) is 3.02. The second-order valence-electron chi connectivity index (χ2n) is 6.65. The lowest BCUT2D eigenvalue weighted by Gasteiger charge is -2.28. The van der Waals surface area contributed by atoms with Crippen LogP contribution in [0.5, 0.6) is 0 Å². The number of piperazine rings is 1. The van der Waals surface area contributed by atoms with Gasteiger partial charge in [0.25, 0.3) is 5.56 Å². The molecule has 1 aromatic carbocycles. The molecular weight excluding hydrogens is 378 g/mol. The molecule has 1 saturated heterocycles. The molecule has 1 fully saturated rings. The molecule has 28 heavy (non-hydrogen) atoms. The fourth-order valence-corrected chi connectivity index (χ4v) is 3.92. The molecule has 0 radical (unpaired) electrons. The molecule has 0 saturated carbocycles. The number of anilines is 2. The number of amides is 1. The van der Waals surface area contributed by atoms with E-state index >= 15 is 0 Å². The van der Waals surface area contributed by atoms with Gasteiger partial charge in [-0.2, -0.15) is 14.6 Å². The minimum absolute atomic E-state index is 0.255. The Kier molecular flexibility index (Phi) is 5.07. The molecular formula is C18H21N7O2S. The van der Waals surface area contributed by atoms with E-state index in [9.17, 15) is 9.59 Å². The Morgan fingerprint density at radius 1 is 1.32 bits per heavy atom. The van der Waals surface area contributed by atoms with E-state index in [0.29, 0.717) is 15.7 Å². The van der Waals surface area contributed by atoms with E-state index in [1.807, 2.05) is 18.2 Å². The Morgan fingerprint density at radius 3 is 2.86 bits per heavy atom. The zero-order valence-corrected chi connectivity index (χ0v) is 16.2. The third kappa shape index (κ3) is 3.75. The zero-order chi connectivity index (χ0) is 19.7. The summed E-state index contributed by atoms with van der Waals surface area (Å²) in [5, 5.41) is 11.5. The van der Waals surface area contributed by atoms with Crippen molar-refractivity contribution in [3.8, 4) is 10.6 Å². The van der Waals surface area contributed by atoms with Crippen LogP contribution in [0.15, 0.2) is 35.1 Å². The van der Waals surface area contributed by atoms with Crippen LogP contribution in [0.4, 0.5) is 11.5 Å². The van der Waals surface area contributed by atoms with Gasteiger partial charge in [0.2, 0.25) is 10.9 Å². The van der Waals surface area contributed by atoms with Gasteiger partial charge in [0.05, 0.1) is 6.04 Å². The third-order valence-corrected chi connectivity index (χ3v) is 5.42. The molecule has 1 atom stereocenters. The average molecular weight is 399 g/mol. The summed E-state index contributed by atoms with van der Waals surface area (Å²) in [6.45, 7) is 4.95. The molecule has 2 aromatic heterocycles. The lowest BCUT2D eigenvalue weighted by atomic mass is 10.2. The van der Waals surface area contributed by atoms with Gasteiger partial charge >= 0.3 is 0 Å². The number of fused-ring (bicyclic) bond motifs is 1. The Hall–Kier alpha value is -2.82. The van der Waals surface area contributed by atoms with Gasteiger partial charge in [-0.05, 0) is 19.1 Å². The van der Waals surface area contributed by atoms with Gasteiger partial charge in [-0.15, -0.1) is 0 Å². The van der Waals surface area contributed by atoms with Gasteiger partial charge in [-0.25, -0.2) is 0 Å². The summed E-state index contributed by atoms with van der Waals surface area (Å²) in [6.07, 6.45) is 0. The molecule has 0 unspecified atom stereocenters. The summed E-state index contributed by atoms with van der Waals surface area (Å²) < 4.78 is 1.72. The minimum atomic E-state index is -0.595. The summed E-state index contributed by atoms with van der Waals surface area (Å²) in [5.74, 6) is 0.495. The molecule has 3 aromatic rings. The van der Waals surface area contributed by atoms with Crippen LogP contribution in [0.25, 0.3) is 15.5 Å². The maximum atomic E-state index is 12.1. The standard InChI is InChI=1S/C18H21N7O2S/c1-11(19)16(27)21-13-4-2-3-12(9-13)17-23-25-15(24-7-5-20-6-8-24)10-14(26)22-18(25)28-17/h2-4,9-11,20H,5-8,19H2,1H3,(H,21,27)/t11-/m0/s1. The summed E-state index contributed by atoms with van der Waals surface area (Å²) in [4.78, 5) is 30.7. The first-order chi connectivity index (χ1) is 13.5. The molecule has 3 heterocycles. The number of nitrogens with one attached hydrogen (secondary N) is 2. The minimum Gasteiger partial charge on any atom is -0.354 e. The number of carbonyl (C=O) groups is 1. The highest BCUT2D eigenvalue weighted by Gasteiger charge is 2.18. The maximum absolute atomic E-state index is 12.1. The summed E-state index contributed by atoms with van der Waals surface area (Å²) in [6, 6.07) is 8.31. The van der Waals surface area contributed by atoms with Crippen molar-refractivity contribution < 1.29 is 4.79 Å². The molecule has 4 rings (SSSR count). The van der Waals surface area contributed by atoms with Crippen LogP contribution in [0.3, 0.4) is 0 Å². The lowest BCUT2D eigenvalue weighted by molar-refractivity contribution is -0.117. The normalized spacial score (nSPS) is 15.6. The zero-order valence-electron chi connectivity index (χ0n) is 15.4. The number of hydrogen-bond donors (Lipinski definition) is 3. The van der Waals surface area contributed by atoms with Crippen LogP contribution >= 0.6 is 11.3 Å². The molecule has 4 N–H and O–H groups in total. The largest absolute Gasteiger partial charge is 0.354 e. The van der Waals surface area contributed by atoms with Crippen molar-refractivity contribution in [2.24, 2.45) is 5.73 Å². The monoisotopic (exact) mass is 399 g/mol. The molecule has 9 nitrogen and oxygen atoms in total.